The van der Waals surface area contributed by atoms with Crippen LogP contribution in [0.1, 0.15) is 11.3 Å². The van der Waals surface area contributed by atoms with E-state index in [1.807, 2.05) is 35.2 Å². The number of thioether (sulfide) groups is 1. The second kappa shape index (κ2) is 9.52. The fourth-order valence-corrected chi connectivity index (χ4v) is 7.04. The Kier molecular flexibility index (Phi) is 6.40. The van der Waals surface area contributed by atoms with Gasteiger partial charge in [0.1, 0.15) is 24.2 Å². The van der Waals surface area contributed by atoms with Gasteiger partial charge in [0.2, 0.25) is 0 Å². The average molecular weight is 545 g/mol. The monoisotopic (exact) mass is 544 g/mol. The number of amides is 2. The molecule has 2 atom stereocenters. The number of aromatic nitrogens is 2. The number of aryl methyl sites for hydroxylation is 1. The molecule has 0 aromatic carbocycles. The highest BCUT2D eigenvalue weighted by Gasteiger charge is 2.53. The highest BCUT2D eigenvalue weighted by atomic mass is 32.2. The van der Waals surface area contributed by atoms with Crippen molar-refractivity contribution in [3.05, 3.63) is 51.6 Å². The Morgan fingerprint density at radius 2 is 2.19 bits per heavy atom. The summed E-state index contributed by atoms with van der Waals surface area (Å²) in [4.78, 5) is 49.1. The maximum absolute atomic E-state index is 13.0. The number of carbonyl (C=O) groups excluding carboxylic acids is 3. The Hall–Kier alpha value is -3.49. The van der Waals surface area contributed by atoms with Gasteiger partial charge in [0.25, 0.3) is 16.6 Å². The van der Waals surface area contributed by atoms with Gasteiger partial charge < -0.3 is 25.8 Å². The number of β-lactam (4-membered cyclic amide) rings is 1. The number of hydrogen-bond donors (Lipinski definition) is 2. The third-order valence-corrected chi connectivity index (χ3v) is 8.85. The number of oxime groups is 1. The van der Waals surface area contributed by atoms with Crippen LogP contribution in [0.25, 0.3) is 10.2 Å². The van der Waals surface area contributed by atoms with Crippen molar-refractivity contribution >= 4 is 73.3 Å². The van der Waals surface area contributed by atoms with Crippen LogP contribution in [0.5, 0.6) is 0 Å². The Labute approximate surface area is 217 Å². The molecule has 2 aliphatic heterocycles. The van der Waals surface area contributed by atoms with Crippen molar-refractivity contribution in [3.63, 3.8) is 0 Å². The zero-order valence-electron chi connectivity index (χ0n) is 19.1. The number of carbonyl (C=O) groups is 3. The highest BCUT2D eigenvalue weighted by molar-refractivity contribution is 8.00. The molecule has 36 heavy (non-hydrogen) atoms. The summed E-state index contributed by atoms with van der Waals surface area (Å²) in [5.74, 6) is -2.29. The van der Waals surface area contributed by atoms with Gasteiger partial charge in [-0.15, -0.1) is 23.1 Å². The molecule has 14 heteroatoms. The first-order chi connectivity index (χ1) is 17.3. The third-order valence-electron chi connectivity index (χ3n) is 5.89. The van der Waals surface area contributed by atoms with E-state index in [4.69, 9.17) is 10.6 Å². The molecule has 0 radical (unpaired) electrons. The number of nitrogens with two attached hydrogens (primary N) is 1. The number of carboxylic acids is 1. The van der Waals surface area contributed by atoms with Crippen molar-refractivity contribution in [2.45, 2.75) is 24.9 Å². The molecule has 0 saturated carbocycles. The zero-order chi connectivity index (χ0) is 25.6. The molecule has 0 spiro atoms. The smallest absolute Gasteiger partial charge is 0.276 e. The number of carboxylic acid groups (broad SMARTS) is 1. The normalized spacial score (nSPS) is 19.8. The number of hydrogen-bond acceptors (Lipinski definition) is 11. The summed E-state index contributed by atoms with van der Waals surface area (Å²) in [5, 5.41) is 22.8. The van der Waals surface area contributed by atoms with Crippen LogP contribution in [-0.4, -0.2) is 57.7 Å². The Bertz CT molecular complexity index is 1460. The van der Waals surface area contributed by atoms with Crippen molar-refractivity contribution in [1.29, 1.82) is 0 Å². The Morgan fingerprint density at radius 1 is 1.39 bits per heavy atom. The van der Waals surface area contributed by atoms with Crippen LogP contribution >= 0.6 is 34.4 Å². The van der Waals surface area contributed by atoms with Gasteiger partial charge in [0, 0.05) is 22.8 Å². The molecule has 5 heterocycles. The zero-order valence-corrected chi connectivity index (χ0v) is 21.5. The van der Waals surface area contributed by atoms with E-state index in [1.54, 1.807) is 16.7 Å². The van der Waals surface area contributed by atoms with Gasteiger partial charge in [-0.1, -0.05) is 16.5 Å². The first-order valence-corrected chi connectivity index (χ1v) is 13.5. The Balaban J connectivity index is 1.38. The van der Waals surface area contributed by atoms with Gasteiger partial charge in [0.15, 0.2) is 23.6 Å². The summed E-state index contributed by atoms with van der Waals surface area (Å²) in [5.41, 5.74) is 7.28. The number of pyridine rings is 1. The van der Waals surface area contributed by atoms with Crippen LogP contribution in [0, 0.1) is 6.92 Å². The van der Waals surface area contributed by atoms with Crippen molar-refractivity contribution in [1.82, 2.24) is 15.2 Å². The fraction of sp³-hybridized carbons (Fsp3) is 0.273. The summed E-state index contributed by atoms with van der Waals surface area (Å²) in [6.45, 7) is 2.32. The van der Waals surface area contributed by atoms with E-state index in [2.05, 4.69) is 15.5 Å². The van der Waals surface area contributed by atoms with Gasteiger partial charge in [-0.25, -0.2) is 4.98 Å². The third kappa shape index (κ3) is 4.10. The van der Waals surface area contributed by atoms with Crippen LogP contribution in [0.15, 0.2) is 45.5 Å². The van der Waals surface area contributed by atoms with E-state index in [1.165, 1.54) is 23.8 Å². The Morgan fingerprint density at radius 3 is 2.89 bits per heavy atom. The molecule has 1 unspecified atom stereocenters. The molecule has 186 valence electrons. The van der Waals surface area contributed by atoms with Crippen LogP contribution in [0.2, 0.25) is 0 Å². The van der Waals surface area contributed by atoms with Crippen LogP contribution in [0.3, 0.4) is 0 Å². The van der Waals surface area contributed by atoms with Gasteiger partial charge in [0.05, 0.1) is 17.1 Å². The van der Waals surface area contributed by atoms with Crippen LogP contribution < -0.4 is 20.7 Å². The number of rotatable bonds is 7. The number of nitrogens with zero attached hydrogens (tertiary/aromatic N) is 4. The maximum Gasteiger partial charge on any atom is 0.276 e. The summed E-state index contributed by atoms with van der Waals surface area (Å²) < 4.78 is 1.97. The summed E-state index contributed by atoms with van der Waals surface area (Å²) in [7, 11) is 1.28. The molecular weight excluding hydrogens is 524 g/mol. The van der Waals surface area contributed by atoms with E-state index >= 15 is 0 Å². The minimum Gasteiger partial charge on any atom is -0.543 e. The largest absolute Gasteiger partial charge is 0.543 e. The lowest BCUT2D eigenvalue weighted by atomic mass is 10.0. The molecular formula is C22H20N6O5S3. The molecule has 3 aromatic rings. The lowest BCUT2D eigenvalue weighted by Gasteiger charge is -2.50. The maximum atomic E-state index is 13.0. The van der Waals surface area contributed by atoms with Gasteiger partial charge in [-0.3, -0.25) is 14.5 Å². The minimum absolute atomic E-state index is 0.135. The molecule has 2 aliphatic rings. The number of thiazole rings is 1. The molecule has 1 fully saturated rings. The van der Waals surface area contributed by atoms with Gasteiger partial charge in [-0.05, 0) is 23.9 Å². The molecule has 3 N–H and O–H groups in total. The first kappa shape index (κ1) is 24.2. The summed E-state index contributed by atoms with van der Waals surface area (Å²) in [6, 6.07) is 3.06. The fourth-order valence-electron chi connectivity index (χ4n) is 4.21. The highest BCUT2D eigenvalue weighted by Crippen LogP contribution is 2.40. The molecule has 0 bridgehead atoms. The standard InChI is InChI=1S/C22H20N6O5S3/c1-10-3-5-27(19-12(10)4-6-34-19)7-11-8-35-20-15(18(30)28(20)16(11)21(31)32)25-17(29)14(26-33-2)13-9-36-22(23)24-13/h3-6,9,15,20H,7-8H2,1-2H3,(H3-,23,24,25,29,31,32)/t15?,20-/m1/s1. The van der Waals surface area contributed by atoms with E-state index in [0.29, 0.717) is 17.9 Å². The predicted octanol–water partition coefficient (Wildman–Crippen LogP) is -0.00948. The lowest BCUT2D eigenvalue weighted by Crippen LogP contribution is -2.71. The molecule has 1 saturated heterocycles. The van der Waals surface area contributed by atoms with Crippen molar-refractivity contribution in [2.75, 3.05) is 18.6 Å². The van der Waals surface area contributed by atoms with E-state index in [-0.39, 0.29) is 22.2 Å². The topological polar surface area (TPSA) is 154 Å². The lowest BCUT2D eigenvalue weighted by molar-refractivity contribution is -0.661. The molecule has 2 amide bonds. The number of aliphatic carboxylic acids is 1. The number of nitrogen functional groups attached to an aromatic ring is 1. The number of nitrogens with one attached hydrogen (secondary N) is 1. The second-order valence-corrected chi connectivity index (χ2v) is 10.9. The minimum atomic E-state index is -1.43. The SMILES string of the molecule is CON=C(C(=O)NC1C(=O)N2C(C(=O)[O-])=C(C[n+]3ccc(C)c4ccsc43)CS[C@H]12)c1csc(N)n1. The van der Waals surface area contributed by atoms with E-state index < -0.39 is 29.2 Å². The second-order valence-electron chi connectivity index (χ2n) is 8.06. The molecule has 0 aliphatic carbocycles. The number of fused-ring (bicyclic) bond motifs is 2. The van der Waals surface area contributed by atoms with Crippen molar-refractivity contribution in [3.8, 4) is 0 Å². The predicted molar refractivity (Wildman–Crippen MR) is 134 cm³/mol. The van der Waals surface area contributed by atoms with Gasteiger partial charge in [-0.2, -0.15) is 4.57 Å². The molecule has 5 rings (SSSR count). The average Bonchev–Trinajstić information content (AvgIpc) is 3.52. The molecule has 3 aromatic heterocycles. The van der Waals surface area contributed by atoms with Crippen LogP contribution in [0.4, 0.5) is 5.13 Å². The first-order valence-electron chi connectivity index (χ1n) is 10.7. The van der Waals surface area contributed by atoms with Crippen molar-refractivity contribution < 1.29 is 28.9 Å². The molecule has 11 nitrogen and oxygen atoms in total. The van der Waals surface area contributed by atoms with Gasteiger partial charge >= 0.3 is 0 Å². The summed E-state index contributed by atoms with van der Waals surface area (Å²) in [6.07, 6.45) is 1.91. The summed E-state index contributed by atoms with van der Waals surface area (Å²) >= 11 is 4.07. The van der Waals surface area contributed by atoms with E-state index in [0.717, 1.165) is 27.1 Å². The van der Waals surface area contributed by atoms with Crippen molar-refractivity contribution in [2.24, 2.45) is 5.16 Å². The van der Waals surface area contributed by atoms with Crippen LogP contribution in [-0.2, 0) is 25.8 Å². The van der Waals surface area contributed by atoms with E-state index in [9.17, 15) is 19.5 Å². The quantitative estimate of drug-likeness (QED) is 0.182. The number of thiophene rings is 1. The number of anilines is 1.